The molecule has 0 aromatic heterocycles. The van der Waals surface area contributed by atoms with Gasteiger partial charge in [0.05, 0.1) is 0 Å². The summed E-state index contributed by atoms with van der Waals surface area (Å²) in [6.07, 6.45) is 50.1. The van der Waals surface area contributed by atoms with Crippen molar-refractivity contribution in [3.05, 3.63) is 0 Å². The van der Waals surface area contributed by atoms with Crippen molar-refractivity contribution in [2.45, 2.75) is 212 Å². The summed E-state index contributed by atoms with van der Waals surface area (Å²) < 4.78 is 0. The van der Waals surface area contributed by atoms with Gasteiger partial charge in [-0.15, -0.1) is 0 Å². The lowest BCUT2D eigenvalue weighted by Gasteiger charge is -2.21. The summed E-state index contributed by atoms with van der Waals surface area (Å²) in [4.78, 5) is 0. The largest absolute Gasteiger partial charge is 0.0533 e. The molecule has 0 radical (unpaired) electrons. The number of rotatable bonds is 4. The average molecular weight is 489 g/mol. The molecule has 0 heteroatoms. The molecule has 0 bridgehead atoms. The van der Waals surface area contributed by atoms with Gasteiger partial charge in [0, 0.05) is 0 Å². The SMILES string of the molecule is C1CCCCCCCC(CCCC2CCCCCCCCCCCCCCC2)CCCCCCC1. The summed E-state index contributed by atoms with van der Waals surface area (Å²) in [6, 6.07) is 0. The van der Waals surface area contributed by atoms with Crippen molar-refractivity contribution < 1.29 is 0 Å². The van der Waals surface area contributed by atoms with E-state index in [4.69, 9.17) is 0 Å². The van der Waals surface area contributed by atoms with E-state index in [9.17, 15) is 0 Å². The predicted octanol–water partition coefficient (Wildman–Crippen LogP) is 13.1. The highest BCUT2D eigenvalue weighted by molar-refractivity contribution is 4.66. The zero-order valence-electron chi connectivity index (χ0n) is 24.5. The van der Waals surface area contributed by atoms with E-state index in [1.165, 1.54) is 173 Å². The van der Waals surface area contributed by atoms with E-state index in [-0.39, 0.29) is 0 Å². The van der Waals surface area contributed by atoms with Crippen molar-refractivity contribution in [2.75, 3.05) is 0 Å². The van der Waals surface area contributed by atoms with E-state index in [0.29, 0.717) is 0 Å². The van der Waals surface area contributed by atoms with Crippen molar-refractivity contribution in [1.82, 2.24) is 0 Å². The van der Waals surface area contributed by atoms with Crippen LogP contribution in [-0.2, 0) is 0 Å². The molecule has 0 aliphatic heterocycles. The molecular weight excluding hydrogens is 420 g/mol. The molecule has 2 rings (SSSR count). The highest BCUT2D eigenvalue weighted by atomic mass is 14.2. The van der Waals surface area contributed by atoms with Crippen LogP contribution in [0, 0.1) is 11.8 Å². The van der Waals surface area contributed by atoms with E-state index < -0.39 is 0 Å². The molecule has 0 spiro atoms. The Hall–Kier alpha value is 0. The molecule has 0 unspecified atom stereocenters. The van der Waals surface area contributed by atoms with E-state index in [2.05, 4.69) is 0 Å². The maximum absolute atomic E-state index is 1.55. The van der Waals surface area contributed by atoms with Gasteiger partial charge in [-0.2, -0.15) is 0 Å². The minimum Gasteiger partial charge on any atom is -0.0533 e. The molecule has 2 aliphatic rings. The molecule has 35 heavy (non-hydrogen) atoms. The fourth-order valence-electron chi connectivity index (χ4n) is 7.18. The molecule has 0 N–H and O–H groups in total. The van der Waals surface area contributed by atoms with Gasteiger partial charge in [-0.25, -0.2) is 0 Å². The van der Waals surface area contributed by atoms with Gasteiger partial charge in [0.15, 0.2) is 0 Å². The highest BCUT2D eigenvalue weighted by Gasteiger charge is 2.13. The zero-order chi connectivity index (χ0) is 24.5. The molecule has 0 nitrogen and oxygen atoms in total. The lowest BCUT2D eigenvalue weighted by molar-refractivity contribution is 0.325. The third-order valence-electron chi connectivity index (χ3n) is 9.67. The molecule has 2 saturated carbocycles. The van der Waals surface area contributed by atoms with Crippen molar-refractivity contribution in [3.63, 3.8) is 0 Å². The van der Waals surface area contributed by atoms with Gasteiger partial charge in [0.2, 0.25) is 0 Å². The summed E-state index contributed by atoms with van der Waals surface area (Å²) in [5.74, 6) is 2.10. The summed E-state index contributed by atoms with van der Waals surface area (Å²) in [7, 11) is 0. The topological polar surface area (TPSA) is 0 Å². The van der Waals surface area contributed by atoms with E-state index in [0.717, 1.165) is 11.8 Å². The van der Waals surface area contributed by atoms with Crippen LogP contribution >= 0.6 is 0 Å². The third kappa shape index (κ3) is 19.7. The first-order valence-electron chi connectivity index (χ1n) is 17.4. The van der Waals surface area contributed by atoms with Crippen molar-refractivity contribution in [3.8, 4) is 0 Å². The van der Waals surface area contributed by atoms with Gasteiger partial charge >= 0.3 is 0 Å². The monoisotopic (exact) mass is 489 g/mol. The van der Waals surface area contributed by atoms with Crippen LogP contribution in [0.4, 0.5) is 0 Å². The Labute approximate surface area is 223 Å². The van der Waals surface area contributed by atoms with Crippen LogP contribution in [0.15, 0.2) is 0 Å². The smallest absolute Gasteiger partial charge is 0.0414 e. The van der Waals surface area contributed by atoms with Crippen LogP contribution < -0.4 is 0 Å². The second-order valence-corrected chi connectivity index (χ2v) is 13.0. The zero-order valence-corrected chi connectivity index (χ0v) is 24.5. The van der Waals surface area contributed by atoms with E-state index in [1.807, 2.05) is 0 Å². The fourth-order valence-corrected chi connectivity index (χ4v) is 7.18. The van der Waals surface area contributed by atoms with Crippen molar-refractivity contribution in [2.24, 2.45) is 11.8 Å². The van der Waals surface area contributed by atoms with Gasteiger partial charge in [-0.05, 0) is 11.8 Å². The van der Waals surface area contributed by atoms with E-state index in [1.54, 1.807) is 38.5 Å². The van der Waals surface area contributed by atoms with Gasteiger partial charge in [-0.1, -0.05) is 212 Å². The molecule has 0 saturated heterocycles. The molecule has 0 amide bonds. The lowest BCUT2D eigenvalue weighted by atomic mass is 9.85. The van der Waals surface area contributed by atoms with Gasteiger partial charge < -0.3 is 0 Å². The summed E-state index contributed by atoms with van der Waals surface area (Å²) in [6.45, 7) is 0. The summed E-state index contributed by atoms with van der Waals surface area (Å²) in [5, 5.41) is 0. The summed E-state index contributed by atoms with van der Waals surface area (Å²) >= 11 is 0. The quantitative estimate of drug-likeness (QED) is 0.369. The lowest BCUT2D eigenvalue weighted by Crippen LogP contribution is -2.06. The standard InChI is InChI=1S/C35H68/c1-3-7-11-15-19-23-28-34(29-24-20-16-12-8-4-1)32-27-33-35-30-25-21-17-13-9-5-2-6-10-14-18-22-26-31-35/h34-35H,1-33H2. The van der Waals surface area contributed by atoms with Crippen LogP contribution in [0.3, 0.4) is 0 Å². The molecule has 0 atom stereocenters. The number of hydrogen-bond donors (Lipinski definition) is 0. The van der Waals surface area contributed by atoms with Gasteiger partial charge in [-0.3, -0.25) is 0 Å². The first-order valence-corrected chi connectivity index (χ1v) is 17.4. The van der Waals surface area contributed by atoms with Gasteiger partial charge in [0.1, 0.15) is 0 Å². The molecular formula is C35H68. The number of hydrogen-bond acceptors (Lipinski definition) is 0. The molecule has 0 aromatic rings. The molecule has 0 aromatic carbocycles. The average Bonchev–Trinajstić information content (AvgIpc) is 2.86. The van der Waals surface area contributed by atoms with Gasteiger partial charge in [0.25, 0.3) is 0 Å². The molecule has 0 heterocycles. The Balaban J connectivity index is 1.69. The normalized spacial score (nSPS) is 24.7. The van der Waals surface area contributed by atoms with Crippen LogP contribution in [0.25, 0.3) is 0 Å². The van der Waals surface area contributed by atoms with Crippen molar-refractivity contribution in [1.29, 1.82) is 0 Å². The predicted molar refractivity (Wildman–Crippen MR) is 159 cm³/mol. The fraction of sp³-hybridized carbons (Fsp3) is 1.00. The molecule has 2 aliphatic carbocycles. The maximum Gasteiger partial charge on any atom is -0.0414 e. The summed E-state index contributed by atoms with van der Waals surface area (Å²) in [5.41, 5.74) is 0. The molecule has 208 valence electrons. The highest BCUT2D eigenvalue weighted by Crippen LogP contribution is 2.29. The van der Waals surface area contributed by atoms with E-state index >= 15 is 0 Å². The second-order valence-electron chi connectivity index (χ2n) is 13.0. The van der Waals surface area contributed by atoms with Crippen LogP contribution in [0.1, 0.15) is 212 Å². The maximum atomic E-state index is 1.55. The molecule has 2 fully saturated rings. The Bertz CT molecular complexity index is 342. The minimum atomic E-state index is 1.05. The first-order chi connectivity index (χ1) is 17.4. The van der Waals surface area contributed by atoms with Crippen molar-refractivity contribution >= 4 is 0 Å². The Morgan fingerprint density at radius 1 is 0.229 bits per heavy atom. The Morgan fingerprint density at radius 3 is 0.600 bits per heavy atom. The second kappa shape index (κ2) is 24.3. The Morgan fingerprint density at radius 2 is 0.400 bits per heavy atom. The van der Waals surface area contributed by atoms with Crippen LogP contribution in [-0.4, -0.2) is 0 Å². The Kier molecular flexibility index (Phi) is 21.7. The minimum absolute atomic E-state index is 1.05. The first kappa shape index (κ1) is 31.2. The third-order valence-corrected chi connectivity index (χ3v) is 9.67. The van der Waals surface area contributed by atoms with Crippen LogP contribution in [0.5, 0.6) is 0 Å². The van der Waals surface area contributed by atoms with Crippen LogP contribution in [0.2, 0.25) is 0 Å².